The van der Waals surface area contributed by atoms with Crippen LogP contribution in [0.4, 0.5) is 0 Å². The number of nitrogens with zero attached hydrogens (tertiary/aromatic N) is 1. The highest BCUT2D eigenvalue weighted by atomic mass is 35.5. The number of aryl methyl sites for hydroxylation is 3. The standard InChI is InChI=1S/C26H27Cl3N2O3S/c1-16-11-18(3)24(12-17(16)2)19(4)30-26(32)15-31(14-20-5-6-22(28)13-25(20)29)35(33,34)23-9-7-21(27)8-10-23/h5-13,19H,14-15H2,1-4H3,(H,30,32). The molecule has 9 heteroatoms. The number of benzene rings is 3. The summed E-state index contributed by atoms with van der Waals surface area (Å²) in [6.07, 6.45) is 0. The van der Waals surface area contributed by atoms with Crippen molar-refractivity contribution in [3.8, 4) is 0 Å². The van der Waals surface area contributed by atoms with Crippen LogP contribution >= 0.6 is 34.8 Å². The van der Waals surface area contributed by atoms with Gasteiger partial charge < -0.3 is 5.32 Å². The lowest BCUT2D eigenvalue weighted by Gasteiger charge is -2.24. The van der Waals surface area contributed by atoms with Crippen LogP contribution in [0.5, 0.6) is 0 Å². The fourth-order valence-corrected chi connectivity index (χ4v) is 5.76. The normalized spacial score (nSPS) is 12.6. The molecule has 1 N–H and O–H groups in total. The van der Waals surface area contributed by atoms with Gasteiger partial charge in [0.15, 0.2) is 0 Å². The zero-order valence-electron chi connectivity index (χ0n) is 19.9. The first-order chi connectivity index (χ1) is 16.4. The second-order valence-electron chi connectivity index (χ2n) is 8.55. The Bertz CT molecular complexity index is 1340. The van der Waals surface area contributed by atoms with E-state index in [1.54, 1.807) is 12.1 Å². The molecule has 0 saturated heterocycles. The molecule has 0 heterocycles. The second kappa shape index (κ2) is 11.3. The monoisotopic (exact) mass is 552 g/mol. The fraction of sp³-hybridized carbons (Fsp3) is 0.269. The summed E-state index contributed by atoms with van der Waals surface area (Å²) in [6, 6.07) is 14.4. The molecule has 35 heavy (non-hydrogen) atoms. The number of carbonyl (C=O) groups is 1. The number of hydrogen-bond acceptors (Lipinski definition) is 3. The van der Waals surface area contributed by atoms with E-state index in [4.69, 9.17) is 34.8 Å². The number of sulfonamides is 1. The summed E-state index contributed by atoms with van der Waals surface area (Å²) in [5.74, 6) is -0.433. The van der Waals surface area contributed by atoms with Crippen LogP contribution in [0, 0.1) is 20.8 Å². The van der Waals surface area contributed by atoms with Crippen molar-refractivity contribution in [2.45, 2.75) is 45.2 Å². The molecule has 1 amide bonds. The molecule has 3 rings (SSSR count). The first-order valence-electron chi connectivity index (χ1n) is 10.9. The summed E-state index contributed by atoms with van der Waals surface area (Å²) in [7, 11) is -4.04. The Hall–Kier alpha value is -2.09. The van der Waals surface area contributed by atoms with Crippen molar-refractivity contribution in [1.29, 1.82) is 0 Å². The van der Waals surface area contributed by atoms with Crippen LogP contribution in [0.15, 0.2) is 59.5 Å². The lowest BCUT2D eigenvalue weighted by Crippen LogP contribution is -2.41. The van der Waals surface area contributed by atoms with Crippen LogP contribution in [-0.2, 0) is 21.4 Å². The first-order valence-corrected chi connectivity index (χ1v) is 13.5. The van der Waals surface area contributed by atoms with Gasteiger partial charge in [0.25, 0.3) is 0 Å². The average Bonchev–Trinajstić information content (AvgIpc) is 2.77. The van der Waals surface area contributed by atoms with E-state index in [1.807, 2.05) is 33.8 Å². The van der Waals surface area contributed by atoms with E-state index in [1.165, 1.54) is 35.9 Å². The molecule has 0 bridgehead atoms. The largest absolute Gasteiger partial charge is 0.348 e. The van der Waals surface area contributed by atoms with Crippen molar-refractivity contribution in [2.75, 3.05) is 6.54 Å². The third-order valence-electron chi connectivity index (χ3n) is 5.86. The third kappa shape index (κ3) is 6.78. The zero-order chi connectivity index (χ0) is 25.9. The average molecular weight is 554 g/mol. The van der Waals surface area contributed by atoms with Gasteiger partial charge in [-0.3, -0.25) is 4.79 Å². The number of rotatable bonds is 8. The molecule has 0 radical (unpaired) electrons. The van der Waals surface area contributed by atoms with E-state index in [0.717, 1.165) is 21.0 Å². The Morgan fingerprint density at radius 3 is 2.11 bits per heavy atom. The lowest BCUT2D eigenvalue weighted by molar-refractivity contribution is -0.122. The van der Waals surface area contributed by atoms with Crippen LogP contribution in [-0.4, -0.2) is 25.2 Å². The predicted molar refractivity (Wildman–Crippen MR) is 143 cm³/mol. The van der Waals surface area contributed by atoms with Gasteiger partial charge in [-0.25, -0.2) is 8.42 Å². The Labute approximate surface area is 222 Å². The summed E-state index contributed by atoms with van der Waals surface area (Å²) in [5.41, 5.74) is 4.86. The third-order valence-corrected chi connectivity index (χ3v) is 8.50. The van der Waals surface area contributed by atoms with Gasteiger partial charge in [-0.05, 0) is 91.9 Å². The van der Waals surface area contributed by atoms with Crippen LogP contribution in [0.2, 0.25) is 15.1 Å². The molecular formula is C26H27Cl3N2O3S. The van der Waals surface area contributed by atoms with E-state index >= 15 is 0 Å². The zero-order valence-corrected chi connectivity index (χ0v) is 23.0. The molecule has 5 nitrogen and oxygen atoms in total. The molecule has 186 valence electrons. The van der Waals surface area contributed by atoms with Gasteiger partial charge in [-0.15, -0.1) is 0 Å². The highest BCUT2D eigenvalue weighted by molar-refractivity contribution is 7.89. The quantitative estimate of drug-likeness (QED) is 0.340. The minimum absolute atomic E-state index is 0.0258. The highest BCUT2D eigenvalue weighted by Gasteiger charge is 2.28. The molecular weight excluding hydrogens is 527 g/mol. The Morgan fingerprint density at radius 2 is 1.49 bits per heavy atom. The van der Waals surface area contributed by atoms with Crippen LogP contribution < -0.4 is 5.32 Å². The maximum Gasteiger partial charge on any atom is 0.243 e. The lowest BCUT2D eigenvalue weighted by atomic mass is 9.96. The number of amides is 1. The Balaban J connectivity index is 1.89. The molecule has 0 aliphatic heterocycles. The van der Waals surface area contributed by atoms with E-state index in [9.17, 15) is 13.2 Å². The second-order valence-corrected chi connectivity index (χ2v) is 11.8. The first kappa shape index (κ1) is 27.5. The molecule has 1 unspecified atom stereocenters. The minimum atomic E-state index is -4.04. The van der Waals surface area contributed by atoms with Crippen molar-refractivity contribution in [3.05, 3.63) is 97.5 Å². The summed E-state index contributed by atoms with van der Waals surface area (Å²) in [4.78, 5) is 13.1. The van der Waals surface area contributed by atoms with Crippen LogP contribution in [0.25, 0.3) is 0 Å². The number of carbonyl (C=O) groups excluding carboxylic acids is 1. The van der Waals surface area contributed by atoms with Crippen molar-refractivity contribution in [1.82, 2.24) is 9.62 Å². The van der Waals surface area contributed by atoms with Gasteiger partial charge in [0.1, 0.15) is 0 Å². The Morgan fingerprint density at radius 1 is 0.886 bits per heavy atom. The van der Waals surface area contributed by atoms with E-state index in [-0.39, 0.29) is 17.5 Å². The minimum Gasteiger partial charge on any atom is -0.348 e. The molecule has 0 fully saturated rings. The molecule has 1 atom stereocenters. The van der Waals surface area contributed by atoms with Gasteiger partial charge in [-0.1, -0.05) is 53.0 Å². The van der Waals surface area contributed by atoms with Crippen LogP contribution in [0.3, 0.4) is 0 Å². The molecule has 0 aliphatic rings. The molecule has 0 aliphatic carbocycles. The SMILES string of the molecule is Cc1cc(C)c(C(C)NC(=O)CN(Cc2ccc(Cl)cc2Cl)S(=O)(=O)c2ccc(Cl)cc2)cc1C. The van der Waals surface area contributed by atoms with Gasteiger partial charge in [0, 0.05) is 21.6 Å². The maximum atomic E-state index is 13.5. The van der Waals surface area contributed by atoms with Crippen molar-refractivity contribution in [2.24, 2.45) is 0 Å². The maximum absolute atomic E-state index is 13.5. The van der Waals surface area contributed by atoms with Gasteiger partial charge >= 0.3 is 0 Å². The van der Waals surface area contributed by atoms with Crippen molar-refractivity contribution >= 4 is 50.7 Å². The summed E-state index contributed by atoms with van der Waals surface area (Å²) >= 11 is 18.2. The van der Waals surface area contributed by atoms with E-state index in [0.29, 0.717) is 20.6 Å². The smallest absolute Gasteiger partial charge is 0.243 e. The van der Waals surface area contributed by atoms with Crippen molar-refractivity contribution in [3.63, 3.8) is 0 Å². The molecule has 0 saturated carbocycles. The van der Waals surface area contributed by atoms with Crippen LogP contribution in [0.1, 0.15) is 40.8 Å². The predicted octanol–water partition coefficient (Wildman–Crippen LogP) is 6.64. The van der Waals surface area contributed by atoms with E-state index < -0.39 is 22.5 Å². The van der Waals surface area contributed by atoms with Gasteiger partial charge in [-0.2, -0.15) is 4.31 Å². The molecule has 0 aromatic heterocycles. The summed E-state index contributed by atoms with van der Waals surface area (Å²) in [6.45, 7) is 7.43. The Kier molecular flexibility index (Phi) is 8.89. The number of hydrogen-bond donors (Lipinski definition) is 1. The topological polar surface area (TPSA) is 66.5 Å². The van der Waals surface area contributed by atoms with Gasteiger partial charge in [0.2, 0.25) is 15.9 Å². The molecule has 0 spiro atoms. The number of halogens is 3. The van der Waals surface area contributed by atoms with Gasteiger partial charge in [0.05, 0.1) is 17.5 Å². The highest BCUT2D eigenvalue weighted by Crippen LogP contribution is 2.26. The molecule has 3 aromatic carbocycles. The number of nitrogens with one attached hydrogen (secondary N) is 1. The fourth-order valence-electron chi connectivity index (χ4n) is 3.80. The van der Waals surface area contributed by atoms with E-state index in [2.05, 4.69) is 11.4 Å². The summed E-state index contributed by atoms with van der Waals surface area (Å²) < 4.78 is 28.1. The van der Waals surface area contributed by atoms with Crippen molar-refractivity contribution < 1.29 is 13.2 Å². The molecule has 3 aromatic rings. The summed E-state index contributed by atoms with van der Waals surface area (Å²) in [5, 5.41) is 4.09.